The number of hydrogen-bond donors (Lipinski definition) is 0. The minimum atomic E-state index is 0.432. The van der Waals surface area contributed by atoms with Crippen LogP contribution in [0.3, 0.4) is 0 Å². The molecule has 20 heavy (non-hydrogen) atoms. The molecule has 1 atom stereocenters. The third-order valence-electron chi connectivity index (χ3n) is 3.54. The maximum atomic E-state index is 4.54. The number of aromatic nitrogens is 2. The van der Waals surface area contributed by atoms with E-state index in [0.717, 1.165) is 31.4 Å². The van der Waals surface area contributed by atoms with Gasteiger partial charge in [-0.05, 0) is 47.2 Å². The number of hydrogen-bond acceptors (Lipinski definition) is 1. The van der Waals surface area contributed by atoms with Gasteiger partial charge in [0.25, 0.3) is 0 Å². The third kappa shape index (κ3) is 3.73. The van der Waals surface area contributed by atoms with Crippen LogP contribution in [0.5, 0.6) is 0 Å². The molecule has 0 amide bonds. The van der Waals surface area contributed by atoms with E-state index in [1.54, 1.807) is 0 Å². The van der Waals surface area contributed by atoms with Gasteiger partial charge in [-0.25, -0.2) is 0 Å². The molecule has 0 saturated heterocycles. The van der Waals surface area contributed by atoms with Gasteiger partial charge in [0.2, 0.25) is 0 Å². The number of aryl methyl sites for hydroxylation is 2. The van der Waals surface area contributed by atoms with Crippen molar-refractivity contribution in [2.75, 3.05) is 0 Å². The van der Waals surface area contributed by atoms with Crippen LogP contribution < -0.4 is 0 Å². The lowest BCUT2D eigenvalue weighted by molar-refractivity contribution is 0.652. The van der Waals surface area contributed by atoms with Crippen LogP contribution in [0.4, 0.5) is 0 Å². The van der Waals surface area contributed by atoms with Crippen molar-refractivity contribution >= 4 is 31.9 Å². The quantitative estimate of drug-likeness (QED) is 0.610. The predicted octanol–water partition coefficient (Wildman–Crippen LogP) is 5.20. The first-order chi connectivity index (χ1) is 9.63. The second-order valence-electron chi connectivity index (χ2n) is 4.95. The van der Waals surface area contributed by atoms with Crippen LogP contribution >= 0.6 is 31.9 Å². The SMILES string of the molecule is CCc1nn(C)c(CCCC(Br)c2ccccc2)c1Br. The fourth-order valence-corrected chi connectivity index (χ4v) is 3.81. The van der Waals surface area contributed by atoms with Crippen molar-refractivity contribution in [1.82, 2.24) is 9.78 Å². The molecular formula is C16H20Br2N2. The number of alkyl halides is 1. The summed E-state index contributed by atoms with van der Waals surface area (Å²) >= 11 is 7.46. The van der Waals surface area contributed by atoms with E-state index in [0.29, 0.717) is 4.83 Å². The topological polar surface area (TPSA) is 17.8 Å². The molecule has 0 fully saturated rings. The molecule has 2 aromatic rings. The van der Waals surface area contributed by atoms with Gasteiger partial charge in [-0.1, -0.05) is 53.2 Å². The Morgan fingerprint density at radius 3 is 2.55 bits per heavy atom. The highest BCUT2D eigenvalue weighted by Crippen LogP contribution is 2.29. The highest BCUT2D eigenvalue weighted by atomic mass is 79.9. The minimum absolute atomic E-state index is 0.432. The molecule has 1 aromatic heterocycles. The fourth-order valence-electron chi connectivity index (χ4n) is 2.37. The summed E-state index contributed by atoms with van der Waals surface area (Å²) in [7, 11) is 2.03. The van der Waals surface area contributed by atoms with Gasteiger partial charge in [-0.15, -0.1) is 0 Å². The summed E-state index contributed by atoms with van der Waals surface area (Å²) in [5.41, 5.74) is 3.81. The summed E-state index contributed by atoms with van der Waals surface area (Å²) in [4.78, 5) is 0.432. The molecule has 0 aliphatic heterocycles. The van der Waals surface area contributed by atoms with Crippen LogP contribution in [0.2, 0.25) is 0 Å². The van der Waals surface area contributed by atoms with Crippen LogP contribution in [0.25, 0.3) is 0 Å². The summed E-state index contributed by atoms with van der Waals surface area (Å²) < 4.78 is 3.20. The molecule has 0 N–H and O–H groups in total. The molecule has 0 aliphatic carbocycles. The van der Waals surface area contributed by atoms with Crippen LogP contribution in [0, 0.1) is 0 Å². The molecule has 2 nitrogen and oxygen atoms in total. The fraction of sp³-hybridized carbons (Fsp3) is 0.438. The zero-order chi connectivity index (χ0) is 14.5. The van der Waals surface area contributed by atoms with Gasteiger partial charge in [0.05, 0.1) is 15.9 Å². The maximum absolute atomic E-state index is 4.54. The van der Waals surface area contributed by atoms with Crippen molar-refractivity contribution in [3.8, 4) is 0 Å². The lowest BCUT2D eigenvalue weighted by atomic mass is 10.1. The van der Waals surface area contributed by atoms with Gasteiger partial charge in [0, 0.05) is 11.9 Å². The van der Waals surface area contributed by atoms with Crippen molar-refractivity contribution < 1.29 is 0 Å². The Bertz CT molecular complexity index is 549. The van der Waals surface area contributed by atoms with E-state index in [4.69, 9.17) is 0 Å². The highest BCUT2D eigenvalue weighted by Gasteiger charge is 2.13. The molecule has 1 heterocycles. The first kappa shape index (κ1) is 15.8. The highest BCUT2D eigenvalue weighted by molar-refractivity contribution is 9.10. The van der Waals surface area contributed by atoms with E-state index < -0.39 is 0 Å². The smallest absolute Gasteiger partial charge is 0.0766 e. The van der Waals surface area contributed by atoms with E-state index in [1.807, 2.05) is 11.7 Å². The van der Waals surface area contributed by atoms with Crippen molar-refractivity contribution in [2.24, 2.45) is 7.05 Å². The Kier molecular flexibility index (Phi) is 5.85. The zero-order valence-corrected chi connectivity index (χ0v) is 15.1. The van der Waals surface area contributed by atoms with Crippen molar-refractivity contribution in [3.05, 3.63) is 51.8 Å². The molecule has 2 rings (SSSR count). The van der Waals surface area contributed by atoms with Crippen molar-refractivity contribution in [2.45, 2.75) is 37.4 Å². The summed E-state index contributed by atoms with van der Waals surface area (Å²) in [6.45, 7) is 2.14. The monoisotopic (exact) mass is 398 g/mol. The van der Waals surface area contributed by atoms with Gasteiger partial charge >= 0.3 is 0 Å². The van der Waals surface area contributed by atoms with Crippen molar-refractivity contribution in [3.63, 3.8) is 0 Å². The number of benzene rings is 1. The van der Waals surface area contributed by atoms with Gasteiger partial charge in [0.15, 0.2) is 0 Å². The van der Waals surface area contributed by atoms with Crippen LogP contribution in [-0.4, -0.2) is 9.78 Å². The summed E-state index contributed by atoms with van der Waals surface area (Å²) in [6, 6.07) is 10.6. The summed E-state index contributed by atoms with van der Waals surface area (Å²) in [6.07, 6.45) is 4.30. The van der Waals surface area contributed by atoms with Crippen molar-refractivity contribution in [1.29, 1.82) is 0 Å². The average molecular weight is 400 g/mol. The molecule has 4 heteroatoms. The largest absolute Gasteiger partial charge is 0.271 e. The lowest BCUT2D eigenvalue weighted by Gasteiger charge is -2.10. The molecule has 0 spiro atoms. The molecule has 0 bridgehead atoms. The van der Waals surface area contributed by atoms with Gasteiger partial charge in [-0.2, -0.15) is 5.10 Å². The first-order valence-corrected chi connectivity index (χ1v) is 8.73. The molecule has 0 radical (unpaired) electrons. The Morgan fingerprint density at radius 1 is 1.25 bits per heavy atom. The van der Waals surface area contributed by atoms with Crippen LogP contribution in [0.1, 0.15) is 41.5 Å². The standard InChI is InChI=1S/C16H20Br2N2/c1-3-14-16(18)15(20(2)19-14)11-7-10-13(17)12-8-5-4-6-9-12/h4-6,8-9,13H,3,7,10-11H2,1-2H3. The molecule has 1 unspecified atom stereocenters. The average Bonchev–Trinajstić information content (AvgIpc) is 2.75. The van der Waals surface area contributed by atoms with E-state index in [9.17, 15) is 0 Å². The zero-order valence-electron chi connectivity index (χ0n) is 11.9. The Morgan fingerprint density at radius 2 is 1.95 bits per heavy atom. The molecular weight excluding hydrogens is 380 g/mol. The second-order valence-corrected chi connectivity index (χ2v) is 6.85. The van der Waals surface area contributed by atoms with Gasteiger partial charge in [-0.3, -0.25) is 4.68 Å². The minimum Gasteiger partial charge on any atom is -0.271 e. The Balaban J connectivity index is 1.92. The van der Waals surface area contributed by atoms with E-state index in [-0.39, 0.29) is 0 Å². The maximum Gasteiger partial charge on any atom is 0.0766 e. The van der Waals surface area contributed by atoms with Gasteiger partial charge < -0.3 is 0 Å². The number of nitrogens with zero attached hydrogens (tertiary/aromatic N) is 2. The molecule has 1 aromatic carbocycles. The lowest BCUT2D eigenvalue weighted by Crippen LogP contribution is -2.00. The van der Waals surface area contributed by atoms with Crippen LogP contribution in [-0.2, 0) is 19.9 Å². The van der Waals surface area contributed by atoms with Gasteiger partial charge in [0.1, 0.15) is 0 Å². The first-order valence-electron chi connectivity index (χ1n) is 7.02. The number of halogens is 2. The van der Waals surface area contributed by atoms with E-state index in [1.165, 1.54) is 15.7 Å². The van der Waals surface area contributed by atoms with E-state index >= 15 is 0 Å². The molecule has 0 aliphatic rings. The third-order valence-corrected chi connectivity index (χ3v) is 5.44. The molecule has 108 valence electrons. The predicted molar refractivity (Wildman–Crippen MR) is 91.3 cm³/mol. The van der Waals surface area contributed by atoms with Crippen LogP contribution in [0.15, 0.2) is 34.8 Å². The molecule has 0 saturated carbocycles. The normalized spacial score (nSPS) is 12.6. The Hall–Kier alpha value is -0.610. The summed E-state index contributed by atoms with van der Waals surface area (Å²) in [5.74, 6) is 0. The summed E-state index contributed by atoms with van der Waals surface area (Å²) in [5, 5.41) is 4.54. The number of rotatable bonds is 6. The second kappa shape index (κ2) is 7.41. The van der Waals surface area contributed by atoms with E-state index in [2.05, 4.69) is 74.2 Å². The Labute approximate surface area is 137 Å².